The Morgan fingerprint density at radius 3 is 2.76 bits per heavy atom. The van der Waals surface area contributed by atoms with Crippen molar-refractivity contribution in [2.45, 2.75) is 37.5 Å². The number of sulfonamides is 1. The summed E-state index contributed by atoms with van der Waals surface area (Å²) >= 11 is 0. The topological polar surface area (TPSA) is 64.4 Å². The smallest absolute Gasteiger partial charge is 0.230 e. The first-order chi connectivity index (χ1) is 8.05. The van der Waals surface area contributed by atoms with E-state index in [0.717, 1.165) is 19.5 Å². The van der Waals surface area contributed by atoms with Gasteiger partial charge in [-0.15, -0.1) is 0 Å². The third-order valence-corrected chi connectivity index (χ3v) is 5.84. The first kappa shape index (κ1) is 12.8. The van der Waals surface area contributed by atoms with E-state index in [1.165, 1.54) is 24.1 Å². The van der Waals surface area contributed by atoms with Crippen molar-refractivity contribution in [2.24, 2.45) is 0 Å². The average Bonchev–Trinajstić information content (AvgIpc) is 2.37. The zero-order valence-electron chi connectivity index (χ0n) is 10.2. The van der Waals surface area contributed by atoms with Gasteiger partial charge in [0.25, 0.3) is 0 Å². The summed E-state index contributed by atoms with van der Waals surface area (Å²) in [6.07, 6.45) is 3.48. The van der Waals surface area contributed by atoms with E-state index >= 15 is 0 Å². The maximum atomic E-state index is 12.1. The van der Waals surface area contributed by atoms with Gasteiger partial charge in [0.2, 0.25) is 10.0 Å². The minimum absolute atomic E-state index is 0.359. The van der Waals surface area contributed by atoms with Crippen molar-refractivity contribution in [3.05, 3.63) is 0 Å². The molecule has 0 bridgehead atoms. The van der Waals surface area contributed by atoms with Crippen molar-refractivity contribution < 1.29 is 8.42 Å². The molecule has 2 unspecified atom stereocenters. The van der Waals surface area contributed by atoms with Gasteiger partial charge in [-0.1, -0.05) is 6.42 Å². The van der Waals surface area contributed by atoms with E-state index in [1.807, 2.05) is 6.07 Å². The van der Waals surface area contributed by atoms with Crippen LogP contribution in [0.3, 0.4) is 0 Å². The molecule has 0 aromatic rings. The van der Waals surface area contributed by atoms with E-state index in [9.17, 15) is 8.42 Å². The van der Waals surface area contributed by atoms with Crippen molar-refractivity contribution in [3.63, 3.8) is 0 Å². The van der Waals surface area contributed by atoms with Crippen LogP contribution >= 0.6 is 0 Å². The molecule has 2 atom stereocenters. The van der Waals surface area contributed by atoms with Gasteiger partial charge in [0, 0.05) is 25.7 Å². The highest BCUT2D eigenvalue weighted by molar-refractivity contribution is 7.89. The summed E-state index contributed by atoms with van der Waals surface area (Å²) in [5.74, 6) is 0. The van der Waals surface area contributed by atoms with E-state index in [1.54, 1.807) is 0 Å². The van der Waals surface area contributed by atoms with E-state index in [2.05, 4.69) is 4.90 Å². The van der Waals surface area contributed by atoms with Gasteiger partial charge < -0.3 is 0 Å². The lowest BCUT2D eigenvalue weighted by Crippen LogP contribution is -2.57. The van der Waals surface area contributed by atoms with Gasteiger partial charge in [-0.05, 0) is 26.3 Å². The SMILES string of the molecule is CC(C#N)S(=O)(=O)N1CCN2CCCCC2C1. The Labute approximate surface area is 103 Å². The van der Waals surface area contributed by atoms with Crippen LogP contribution in [0.15, 0.2) is 0 Å². The number of piperidine rings is 1. The molecule has 0 spiro atoms. The fraction of sp³-hybridized carbons (Fsp3) is 0.909. The molecule has 6 heteroatoms. The van der Waals surface area contributed by atoms with Gasteiger partial charge in [0.15, 0.2) is 5.25 Å². The Bertz CT molecular complexity index is 415. The lowest BCUT2D eigenvalue weighted by atomic mass is 10.0. The zero-order valence-corrected chi connectivity index (χ0v) is 11.0. The van der Waals surface area contributed by atoms with Crippen LogP contribution in [0.1, 0.15) is 26.2 Å². The molecule has 17 heavy (non-hydrogen) atoms. The summed E-state index contributed by atoms with van der Waals surface area (Å²) in [5, 5.41) is 7.83. The molecule has 2 saturated heterocycles. The van der Waals surface area contributed by atoms with Gasteiger partial charge in [-0.2, -0.15) is 9.57 Å². The third-order valence-electron chi connectivity index (χ3n) is 3.79. The number of nitriles is 1. The second kappa shape index (κ2) is 4.92. The summed E-state index contributed by atoms with van der Waals surface area (Å²) in [6.45, 7) is 4.45. The Hall–Kier alpha value is -0.640. The molecule has 0 aromatic carbocycles. The molecule has 2 aliphatic heterocycles. The molecule has 0 saturated carbocycles. The monoisotopic (exact) mass is 257 g/mol. The van der Waals surface area contributed by atoms with E-state index in [-0.39, 0.29) is 0 Å². The summed E-state index contributed by atoms with van der Waals surface area (Å²) < 4.78 is 25.7. The predicted octanol–water partition coefficient (Wildman–Crippen LogP) is 0.398. The van der Waals surface area contributed by atoms with Crippen LogP contribution in [-0.4, -0.2) is 55.1 Å². The predicted molar refractivity (Wildman–Crippen MR) is 64.8 cm³/mol. The Morgan fingerprint density at radius 2 is 2.06 bits per heavy atom. The second-order valence-electron chi connectivity index (χ2n) is 4.86. The lowest BCUT2D eigenvalue weighted by Gasteiger charge is -2.43. The second-order valence-corrected chi connectivity index (χ2v) is 7.11. The van der Waals surface area contributed by atoms with Crippen LogP contribution in [0.4, 0.5) is 0 Å². The molecule has 0 radical (unpaired) electrons. The molecule has 96 valence electrons. The molecule has 0 aliphatic carbocycles. The van der Waals surface area contributed by atoms with E-state index in [4.69, 9.17) is 5.26 Å². The number of hydrogen-bond donors (Lipinski definition) is 0. The van der Waals surface area contributed by atoms with Crippen LogP contribution in [0.25, 0.3) is 0 Å². The quantitative estimate of drug-likeness (QED) is 0.718. The third kappa shape index (κ3) is 2.46. The summed E-state index contributed by atoms with van der Waals surface area (Å²) in [5.41, 5.74) is 0. The molecule has 2 aliphatic rings. The zero-order chi connectivity index (χ0) is 12.5. The lowest BCUT2D eigenvalue weighted by molar-refractivity contribution is 0.0850. The maximum absolute atomic E-state index is 12.1. The highest BCUT2D eigenvalue weighted by Crippen LogP contribution is 2.23. The van der Waals surface area contributed by atoms with Crippen molar-refractivity contribution in [2.75, 3.05) is 26.2 Å². The molecule has 0 N–H and O–H groups in total. The highest BCUT2D eigenvalue weighted by Gasteiger charge is 2.36. The van der Waals surface area contributed by atoms with Crippen LogP contribution < -0.4 is 0 Å². The van der Waals surface area contributed by atoms with Gasteiger partial charge >= 0.3 is 0 Å². The van der Waals surface area contributed by atoms with E-state index < -0.39 is 15.3 Å². The standard InChI is InChI=1S/C11H19N3O2S/c1-10(8-12)17(15,16)14-7-6-13-5-3-2-4-11(13)9-14/h10-11H,2-7,9H2,1H3. The van der Waals surface area contributed by atoms with E-state index in [0.29, 0.717) is 19.1 Å². The summed E-state index contributed by atoms with van der Waals surface area (Å²) in [7, 11) is -3.42. The molecule has 5 nitrogen and oxygen atoms in total. The van der Waals surface area contributed by atoms with Crippen molar-refractivity contribution in [1.82, 2.24) is 9.21 Å². The summed E-state index contributed by atoms with van der Waals surface area (Å²) in [4.78, 5) is 2.38. The number of fused-ring (bicyclic) bond motifs is 1. The molecular formula is C11H19N3O2S. The fourth-order valence-corrected chi connectivity index (χ4v) is 3.95. The molecule has 2 rings (SSSR count). The molecule has 0 amide bonds. The van der Waals surface area contributed by atoms with Crippen molar-refractivity contribution in [1.29, 1.82) is 5.26 Å². The normalized spacial score (nSPS) is 29.3. The van der Waals surface area contributed by atoms with Crippen LogP contribution in [0, 0.1) is 11.3 Å². The summed E-state index contributed by atoms with van der Waals surface area (Å²) in [6, 6.07) is 2.19. The fourth-order valence-electron chi connectivity index (χ4n) is 2.65. The van der Waals surface area contributed by atoms with Crippen LogP contribution in [0.5, 0.6) is 0 Å². The molecule has 2 fully saturated rings. The largest absolute Gasteiger partial charge is 0.298 e. The Morgan fingerprint density at radius 1 is 1.29 bits per heavy atom. The molecule has 2 heterocycles. The molecular weight excluding hydrogens is 238 g/mol. The van der Waals surface area contributed by atoms with Crippen LogP contribution in [-0.2, 0) is 10.0 Å². The number of hydrogen-bond acceptors (Lipinski definition) is 4. The van der Waals surface area contributed by atoms with Crippen LogP contribution in [0.2, 0.25) is 0 Å². The molecule has 0 aromatic heterocycles. The van der Waals surface area contributed by atoms with Gasteiger partial charge in [0.05, 0.1) is 6.07 Å². The Balaban J connectivity index is 2.08. The highest BCUT2D eigenvalue weighted by atomic mass is 32.2. The van der Waals surface area contributed by atoms with Gasteiger partial charge in [-0.25, -0.2) is 8.42 Å². The minimum atomic E-state index is -3.42. The number of rotatable bonds is 2. The van der Waals surface area contributed by atoms with Crippen molar-refractivity contribution in [3.8, 4) is 6.07 Å². The van der Waals surface area contributed by atoms with Crippen molar-refractivity contribution >= 4 is 10.0 Å². The maximum Gasteiger partial charge on any atom is 0.230 e. The number of nitrogens with zero attached hydrogens (tertiary/aromatic N) is 3. The van der Waals surface area contributed by atoms with Gasteiger partial charge in [-0.3, -0.25) is 4.90 Å². The van der Waals surface area contributed by atoms with Gasteiger partial charge in [0.1, 0.15) is 0 Å². The Kier molecular flexibility index (Phi) is 3.71. The number of piperazine rings is 1. The minimum Gasteiger partial charge on any atom is -0.298 e. The first-order valence-corrected chi connectivity index (χ1v) is 7.68. The first-order valence-electron chi connectivity index (χ1n) is 6.18. The average molecular weight is 257 g/mol.